The van der Waals surface area contributed by atoms with Crippen molar-refractivity contribution in [3.8, 4) is 0 Å². The van der Waals surface area contributed by atoms with E-state index >= 15 is 0 Å². The fourth-order valence-corrected chi connectivity index (χ4v) is 1.74. The highest BCUT2D eigenvalue weighted by molar-refractivity contribution is 9.10. The van der Waals surface area contributed by atoms with Crippen molar-refractivity contribution in [1.29, 1.82) is 0 Å². The molecule has 0 saturated carbocycles. The molecule has 0 aromatic carbocycles. The number of aromatic nitrogens is 2. The Labute approximate surface area is 120 Å². The minimum Gasteiger partial charge on any atom is -0.394 e. The van der Waals surface area contributed by atoms with Crippen LogP contribution in [0.3, 0.4) is 0 Å². The van der Waals surface area contributed by atoms with Crippen LogP contribution in [0, 0.1) is 0 Å². The fraction of sp³-hybridized carbons (Fsp3) is 0.600. The lowest BCUT2D eigenvalue weighted by Crippen LogP contribution is -2.26. The smallest absolute Gasteiger partial charge is 0.394 e. The van der Waals surface area contributed by atoms with Crippen LogP contribution in [-0.2, 0) is 11.3 Å². The Morgan fingerprint density at radius 1 is 1.50 bits per heavy atom. The quantitative estimate of drug-likeness (QED) is 0.710. The zero-order valence-electron chi connectivity index (χ0n) is 10.3. The molecule has 0 aliphatic rings. The molecule has 1 rings (SSSR count). The molecule has 2 N–H and O–H groups in total. The average Bonchev–Trinajstić information content (AvgIpc) is 2.36. The predicted octanol–water partition coefficient (Wildman–Crippen LogP) is 0.989. The van der Waals surface area contributed by atoms with E-state index in [1.54, 1.807) is 0 Å². The van der Waals surface area contributed by atoms with E-state index in [1.165, 1.54) is 6.20 Å². The fourth-order valence-electron chi connectivity index (χ4n) is 1.29. The van der Waals surface area contributed by atoms with Gasteiger partial charge in [-0.25, -0.2) is 4.68 Å². The normalized spacial score (nSPS) is 11.7. The highest BCUT2D eigenvalue weighted by Crippen LogP contribution is 2.16. The van der Waals surface area contributed by atoms with Crippen molar-refractivity contribution in [2.45, 2.75) is 12.7 Å². The summed E-state index contributed by atoms with van der Waals surface area (Å²) >= 11 is 3.06. The molecule has 0 saturated heterocycles. The summed E-state index contributed by atoms with van der Waals surface area (Å²) in [5.41, 5.74) is -0.0972. The van der Waals surface area contributed by atoms with Crippen LogP contribution < -0.4 is 10.9 Å². The second-order valence-corrected chi connectivity index (χ2v) is 4.51. The second kappa shape index (κ2) is 7.60. The topological polar surface area (TPSA) is 76.4 Å². The maximum absolute atomic E-state index is 11.8. The minimum absolute atomic E-state index is 0.0619. The van der Waals surface area contributed by atoms with Crippen molar-refractivity contribution in [3.05, 3.63) is 21.0 Å². The first kappa shape index (κ1) is 16.9. The molecule has 0 bridgehead atoms. The van der Waals surface area contributed by atoms with Crippen LogP contribution in [0.25, 0.3) is 0 Å². The van der Waals surface area contributed by atoms with Crippen molar-refractivity contribution in [1.82, 2.24) is 9.78 Å². The lowest BCUT2D eigenvalue weighted by Gasteiger charge is -2.11. The number of aliphatic hydroxyl groups excluding tert-OH is 1. The molecule has 0 amide bonds. The molecule has 10 heteroatoms. The van der Waals surface area contributed by atoms with E-state index in [0.717, 1.165) is 4.68 Å². The minimum atomic E-state index is -4.35. The van der Waals surface area contributed by atoms with E-state index in [0.29, 0.717) is 5.69 Å². The van der Waals surface area contributed by atoms with Crippen LogP contribution in [0.15, 0.2) is 15.5 Å². The number of rotatable bonds is 7. The Bertz CT molecular complexity index is 493. The summed E-state index contributed by atoms with van der Waals surface area (Å²) in [6, 6.07) is 0. The Balaban J connectivity index is 2.49. The van der Waals surface area contributed by atoms with Gasteiger partial charge in [0.25, 0.3) is 5.56 Å². The molecule has 0 aliphatic carbocycles. The third-order valence-corrected chi connectivity index (χ3v) is 2.89. The third-order valence-electron chi connectivity index (χ3n) is 2.12. The lowest BCUT2D eigenvalue weighted by atomic mass is 10.4. The van der Waals surface area contributed by atoms with Crippen LogP contribution in [0.2, 0.25) is 0 Å². The molecule has 20 heavy (non-hydrogen) atoms. The van der Waals surface area contributed by atoms with E-state index < -0.39 is 18.3 Å². The van der Waals surface area contributed by atoms with Gasteiger partial charge in [-0.3, -0.25) is 4.79 Å². The Morgan fingerprint density at radius 2 is 2.20 bits per heavy atom. The third kappa shape index (κ3) is 5.47. The van der Waals surface area contributed by atoms with Crippen LogP contribution in [0.5, 0.6) is 0 Å². The summed E-state index contributed by atoms with van der Waals surface area (Å²) in [7, 11) is 0. The van der Waals surface area contributed by atoms with E-state index in [1.807, 2.05) is 0 Å². The first-order chi connectivity index (χ1) is 9.35. The predicted molar refractivity (Wildman–Crippen MR) is 68.6 cm³/mol. The Kier molecular flexibility index (Phi) is 6.43. The first-order valence-corrected chi connectivity index (χ1v) is 6.39. The van der Waals surface area contributed by atoms with Gasteiger partial charge in [0.1, 0.15) is 11.1 Å². The van der Waals surface area contributed by atoms with Gasteiger partial charge in [-0.15, -0.1) is 0 Å². The van der Waals surface area contributed by atoms with Crippen molar-refractivity contribution in [2.24, 2.45) is 0 Å². The Hall–Kier alpha value is -1.13. The number of aliphatic hydroxyl groups is 1. The van der Waals surface area contributed by atoms with Crippen molar-refractivity contribution in [3.63, 3.8) is 0 Å². The van der Waals surface area contributed by atoms with E-state index in [-0.39, 0.29) is 30.8 Å². The molecular weight excluding hydrogens is 347 g/mol. The van der Waals surface area contributed by atoms with Crippen LogP contribution >= 0.6 is 15.9 Å². The standard InChI is InChI=1S/C10H13BrF3N3O3/c11-8-7(5-16-17(2-3-18)9(8)19)15-1-4-20-6-10(12,13)14/h5,15,18H,1-4,6H2. The van der Waals surface area contributed by atoms with Gasteiger partial charge in [0, 0.05) is 6.54 Å². The number of halogens is 4. The van der Waals surface area contributed by atoms with Crippen LogP contribution in [0.4, 0.5) is 18.9 Å². The number of alkyl halides is 3. The van der Waals surface area contributed by atoms with Gasteiger partial charge in [-0.2, -0.15) is 18.3 Å². The Morgan fingerprint density at radius 3 is 2.80 bits per heavy atom. The van der Waals surface area contributed by atoms with Gasteiger partial charge in [0.15, 0.2) is 0 Å². The molecule has 0 aliphatic heterocycles. The molecule has 1 aromatic rings. The second-order valence-electron chi connectivity index (χ2n) is 3.72. The number of ether oxygens (including phenoxy) is 1. The van der Waals surface area contributed by atoms with E-state index in [9.17, 15) is 18.0 Å². The molecular formula is C10H13BrF3N3O3. The van der Waals surface area contributed by atoms with E-state index in [4.69, 9.17) is 5.11 Å². The van der Waals surface area contributed by atoms with Gasteiger partial charge in [-0.1, -0.05) is 0 Å². The number of nitrogens with zero attached hydrogens (tertiary/aromatic N) is 2. The highest BCUT2D eigenvalue weighted by atomic mass is 79.9. The molecule has 0 atom stereocenters. The van der Waals surface area contributed by atoms with Crippen LogP contribution in [-0.4, -0.2) is 47.4 Å². The number of nitrogens with one attached hydrogen (secondary N) is 1. The molecule has 6 nitrogen and oxygen atoms in total. The number of anilines is 1. The zero-order chi connectivity index (χ0) is 15.2. The highest BCUT2D eigenvalue weighted by Gasteiger charge is 2.27. The van der Waals surface area contributed by atoms with Crippen LogP contribution in [0.1, 0.15) is 0 Å². The van der Waals surface area contributed by atoms with Crippen molar-refractivity contribution < 1.29 is 23.0 Å². The zero-order valence-corrected chi connectivity index (χ0v) is 11.9. The summed E-state index contributed by atoms with van der Waals surface area (Å²) in [5, 5.41) is 15.3. The van der Waals surface area contributed by atoms with E-state index in [2.05, 4.69) is 31.1 Å². The summed E-state index contributed by atoms with van der Waals surface area (Å²) in [5.74, 6) is 0. The summed E-state index contributed by atoms with van der Waals surface area (Å²) in [4.78, 5) is 11.7. The maximum atomic E-state index is 11.8. The van der Waals surface area contributed by atoms with Gasteiger partial charge in [0.05, 0.1) is 31.6 Å². The first-order valence-electron chi connectivity index (χ1n) is 5.60. The monoisotopic (exact) mass is 359 g/mol. The molecule has 114 valence electrons. The molecule has 0 spiro atoms. The maximum Gasteiger partial charge on any atom is 0.411 e. The summed E-state index contributed by atoms with van der Waals surface area (Å²) in [6.45, 7) is -1.54. The van der Waals surface area contributed by atoms with Gasteiger partial charge < -0.3 is 15.2 Å². The summed E-state index contributed by atoms with van der Waals surface area (Å²) < 4.78 is 41.1. The molecule has 1 heterocycles. The van der Waals surface area contributed by atoms with Gasteiger partial charge in [-0.05, 0) is 15.9 Å². The van der Waals surface area contributed by atoms with Gasteiger partial charge in [0.2, 0.25) is 0 Å². The SMILES string of the molecule is O=c1c(Br)c(NCCOCC(F)(F)F)cnn1CCO. The molecule has 0 unspecified atom stereocenters. The van der Waals surface area contributed by atoms with Crippen molar-refractivity contribution in [2.75, 3.05) is 31.7 Å². The number of hydrogen-bond donors (Lipinski definition) is 2. The number of hydrogen-bond acceptors (Lipinski definition) is 5. The average molecular weight is 360 g/mol. The largest absolute Gasteiger partial charge is 0.411 e. The lowest BCUT2D eigenvalue weighted by molar-refractivity contribution is -0.172. The van der Waals surface area contributed by atoms with Gasteiger partial charge >= 0.3 is 6.18 Å². The molecule has 0 fully saturated rings. The van der Waals surface area contributed by atoms with Crippen molar-refractivity contribution >= 4 is 21.6 Å². The molecule has 0 radical (unpaired) electrons. The molecule has 1 aromatic heterocycles. The summed E-state index contributed by atoms with van der Waals surface area (Å²) in [6.07, 6.45) is -3.02.